The van der Waals surface area contributed by atoms with Gasteiger partial charge < -0.3 is 18.9 Å². The zero-order valence-electron chi connectivity index (χ0n) is 11.7. The van der Waals surface area contributed by atoms with E-state index in [1.54, 1.807) is 6.92 Å². The van der Waals surface area contributed by atoms with Crippen molar-refractivity contribution in [2.45, 2.75) is 31.7 Å². The van der Waals surface area contributed by atoms with Crippen LogP contribution in [0.2, 0.25) is 0 Å². The molecule has 0 bridgehead atoms. The highest BCUT2D eigenvalue weighted by molar-refractivity contribution is 6.19. The van der Waals surface area contributed by atoms with Gasteiger partial charge in [0.05, 0.1) is 26.4 Å². The molecule has 1 unspecified atom stereocenters. The highest BCUT2D eigenvalue weighted by atomic mass is 35.5. The van der Waals surface area contributed by atoms with Crippen LogP contribution in [0.5, 0.6) is 0 Å². The van der Waals surface area contributed by atoms with E-state index in [4.69, 9.17) is 31.1 Å². The van der Waals surface area contributed by atoms with E-state index < -0.39 is 11.7 Å². The second-order valence-electron chi connectivity index (χ2n) is 3.88. The van der Waals surface area contributed by atoms with Crippen molar-refractivity contribution in [3.8, 4) is 0 Å². The SMILES string of the molecule is CC(Cl)OC(=O)OCCCCCOCCOCCOO. The lowest BCUT2D eigenvalue weighted by molar-refractivity contribution is -0.249. The van der Waals surface area contributed by atoms with Crippen LogP contribution in [0.1, 0.15) is 26.2 Å². The van der Waals surface area contributed by atoms with Gasteiger partial charge in [-0.05, 0) is 26.2 Å². The Hall–Kier alpha value is -0.600. The molecule has 0 aliphatic carbocycles. The van der Waals surface area contributed by atoms with Gasteiger partial charge in [0, 0.05) is 6.61 Å². The summed E-state index contributed by atoms with van der Waals surface area (Å²) in [5.74, 6) is 0. The van der Waals surface area contributed by atoms with Gasteiger partial charge in [0.1, 0.15) is 6.61 Å². The summed E-state index contributed by atoms with van der Waals surface area (Å²) in [6.07, 6.45) is 1.78. The lowest BCUT2D eigenvalue weighted by atomic mass is 10.2. The van der Waals surface area contributed by atoms with Crippen LogP contribution in [-0.2, 0) is 23.8 Å². The standard InChI is InChI=1S/C12H23ClO7/c1-11(13)20-12(14)18-6-4-2-3-5-16-7-8-17-9-10-19-15/h11,15H,2-10H2,1H3. The number of ether oxygens (including phenoxy) is 4. The first-order chi connectivity index (χ1) is 9.66. The Morgan fingerprint density at radius 2 is 1.60 bits per heavy atom. The Kier molecular flexibility index (Phi) is 14.4. The summed E-state index contributed by atoms with van der Waals surface area (Å²) in [6.45, 7) is 3.95. The van der Waals surface area contributed by atoms with Gasteiger partial charge in [0.25, 0.3) is 0 Å². The monoisotopic (exact) mass is 314 g/mol. The molecule has 0 aliphatic rings. The summed E-state index contributed by atoms with van der Waals surface area (Å²) < 4.78 is 19.8. The van der Waals surface area contributed by atoms with Crippen molar-refractivity contribution < 1.29 is 33.9 Å². The molecule has 0 heterocycles. The van der Waals surface area contributed by atoms with Gasteiger partial charge in [-0.25, -0.2) is 9.68 Å². The third kappa shape index (κ3) is 15.5. The molecule has 0 aromatic carbocycles. The number of carbonyl (C=O) groups is 1. The molecule has 0 saturated carbocycles. The highest BCUT2D eigenvalue weighted by Crippen LogP contribution is 2.01. The lowest BCUT2D eigenvalue weighted by Crippen LogP contribution is -2.12. The Balaban J connectivity index is 3.08. The normalized spacial score (nSPS) is 12.2. The van der Waals surface area contributed by atoms with Gasteiger partial charge in [0.15, 0.2) is 5.56 Å². The number of hydrogen-bond acceptors (Lipinski definition) is 7. The minimum Gasteiger partial charge on any atom is -0.434 e. The number of carbonyl (C=O) groups excluding carboxylic acids is 1. The molecular formula is C12H23ClO7. The molecule has 1 atom stereocenters. The topological polar surface area (TPSA) is 83.5 Å². The Labute approximate surface area is 124 Å². The van der Waals surface area contributed by atoms with Crippen LogP contribution in [0.4, 0.5) is 4.79 Å². The fraction of sp³-hybridized carbons (Fsp3) is 0.917. The first-order valence-corrected chi connectivity index (χ1v) is 6.99. The van der Waals surface area contributed by atoms with E-state index >= 15 is 0 Å². The molecule has 20 heavy (non-hydrogen) atoms. The maximum absolute atomic E-state index is 10.9. The average Bonchev–Trinajstić information content (AvgIpc) is 2.39. The molecular weight excluding hydrogens is 292 g/mol. The molecule has 1 N–H and O–H groups in total. The van der Waals surface area contributed by atoms with Crippen molar-refractivity contribution in [3.63, 3.8) is 0 Å². The van der Waals surface area contributed by atoms with Crippen molar-refractivity contribution in [2.75, 3.05) is 39.6 Å². The Bertz CT molecular complexity index is 226. The number of unbranched alkanes of at least 4 members (excludes halogenated alkanes) is 2. The summed E-state index contributed by atoms with van der Waals surface area (Å²) in [6, 6.07) is 0. The molecule has 120 valence electrons. The average molecular weight is 315 g/mol. The summed E-state index contributed by atoms with van der Waals surface area (Å²) in [5.41, 5.74) is -0.679. The molecule has 0 saturated heterocycles. The molecule has 0 aromatic heterocycles. The first-order valence-electron chi connectivity index (χ1n) is 6.56. The van der Waals surface area contributed by atoms with E-state index in [0.29, 0.717) is 33.0 Å². The van der Waals surface area contributed by atoms with E-state index in [0.717, 1.165) is 19.3 Å². The van der Waals surface area contributed by atoms with E-state index in [1.807, 2.05) is 0 Å². The van der Waals surface area contributed by atoms with Crippen LogP contribution >= 0.6 is 11.6 Å². The van der Waals surface area contributed by atoms with E-state index in [-0.39, 0.29) is 6.61 Å². The van der Waals surface area contributed by atoms with Crippen LogP contribution in [-0.4, -0.2) is 56.6 Å². The second-order valence-corrected chi connectivity index (χ2v) is 4.49. The summed E-state index contributed by atoms with van der Waals surface area (Å²) >= 11 is 5.45. The van der Waals surface area contributed by atoms with Crippen molar-refractivity contribution >= 4 is 17.8 Å². The van der Waals surface area contributed by atoms with Gasteiger partial charge in [-0.2, -0.15) is 0 Å². The van der Waals surface area contributed by atoms with Crippen LogP contribution < -0.4 is 0 Å². The molecule has 0 rings (SSSR count). The fourth-order valence-corrected chi connectivity index (χ4v) is 1.30. The molecule has 0 aromatic rings. The Morgan fingerprint density at radius 3 is 2.25 bits per heavy atom. The number of halogens is 1. The van der Waals surface area contributed by atoms with E-state index in [9.17, 15) is 4.79 Å². The van der Waals surface area contributed by atoms with Crippen LogP contribution in [0.3, 0.4) is 0 Å². The predicted octanol–water partition coefficient (Wildman–Crippen LogP) is 2.42. The number of rotatable bonds is 13. The predicted molar refractivity (Wildman–Crippen MR) is 71.8 cm³/mol. The van der Waals surface area contributed by atoms with Crippen LogP contribution in [0.25, 0.3) is 0 Å². The zero-order chi connectivity index (χ0) is 15.1. The van der Waals surface area contributed by atoms with Crippen molar-refractivity contribution in [1.82, 2.24) is 0 Å². The zero-order valence-corrected chi connectivity index (χ0v) is 12.5. The molecule has 0 aliphatic heterocycles. The number of hydrogen-bond donors (Lipinski definition) is 1. The molecule has 8 heteroatoms. The molecule has 0 fully saturated rings. The summed E-state index contributed by atoms with van der Waals surface area (Å²) in [7, 11) is 0. The second kappa shape index (κ2) is 14.8. The highest BCUT2D eigenvalue weighted by Gasteiger charge is 2.06. The van der Waals surface area contributed by atoms with Gasteiger partial charge in [0.2, 0.25) is 0 Å². The number of alkyl halides is 1. The van der Waals surface area contributed by atoms with Crippen LogP contribution in [0.15, 0.2) is 0 Å². The smallest absolute Gasteiger partial charge is 0.434 e. The minimum absolute atomic E-state index is 0.158. The van der Waals surface area contributed by atoms with Crippen LogP contribution in [0, 0.1) is 0 Å². The molecule has 0 radical (unpaired) electrons. The maximum Gasteiger partial charge on any atom is 0.509 e. The third-order valence-corrected chi connectivity index (χ3v) is 2.19. The van der Waals surface area contributed by atoms with Crippen molar-refractivity contribution in [3.05, 3.63) is 0 Å². The molecule has 0 spiro atoms. The first kappa shape index (κ1) is 19.4. The van der Waals surface area contributed by atoms with E-state index in [1.165, 1.54) is 0 Å². The van der Waals surface area contributed by atoms with Crippen molar-refractivity contribution in [2.24, 2.45) is 0 Å². The van der Waals surface area contributed by atoms with Gasteiger partial charge in [-0.3, -0.25) is 5.26 Å². The lowest BCUT2D eigenvalue weighted by Gasteiger charge is -2.07. The maximum atomic E-state index is 10.9. The van der Waals surface area contributed by atoms with Crippen molar-refractivity contribution in [1.29, 1.82) is 0 Å². The van der Waals surface area contributed by atoms with E-state index in [2.05, 4.69) is 9.62 Å². The van der Waals surface area contributed by atoms with Gasteiger partial charge in [-0.15, -0.1) is 0 Å². The minimum atomic E-state index is -0.743. The molecule has 7 nitrogen and oxygen atoms in total. The van der Waals surface area contributed by atoms with Gasteiger partial charge >= 0.3 is 6.16 Å². The largest absolute Gasteiger partial charge is 0.509 e. The Morgan fingerprint density at radius 1 is 1.00 bits per heavy atom. The van der Waals surface area contributed by atoms with Gasteiger partial charge in [-0.1, -0.05) is 11.6 Å². The summed E-state index contributed by atoms with van der Waals surface area (Å²) in [5, 5.41) is 8.03. The summed E-state index contributed by atoms with van der Waals surface area (Å²) in [4.78, 5) is 14.8. The fourth-order valence-electron chi connectivity index (χ4n) is 1.22. The third-order valence-electron chi connectivity index (χ3n) is 2.10. The quantitative estimate of drug-likeness (QED) is 0.184. The molecule has 0 amide bonds.